The molecule has 2 atom stereocenters. The van der Waals surface area contributed by atoms with E-state index < -0.39 is 0 Å². The maximum absolute atomic E-state index is 13.4. The summed E-state index contributed by atoms with van der Waals surface area (Å²) >= 11 is 0. The molecule has 3 aromatic rings. The Bertz CT molecular complexity index is 1130. The zero-order valence-electron chi connectivity index (χ0n) is 19.3. The average molecular weight is 435 g/mol. The number of hydrogen-bond donors (Lipinski definition) is 1. The summed E-state index contributed by atoms with van der Waals surface area (Å²) in [6.45, 7) is 6.36. The number of pyridine rings is 1. The zero-order chi connectivity index (χ0) is 22.1. The number of aromatic nitrogens is 5. The smallest absolute Gasteiger partial charge is 0.253 e. The Balaban J connectivity index is 1.64. The summed E-state index contributed by atoms with van der Waals surface area (Å²) in [5.41, 5.74) is 2.87. The SMILES string of the molecule is CCc1ccc2[nH]c(=O)c([C@H](c3nnnn3C3CCCCC3)N3CCC[C@@H](C)C3)cc2c1. The van der Waals surface area contributed by atoms with Gasteiger partial charge in [-0.3, -0.25) is 9.69 Å². The second-order valence-corrected chi connectivity index (χ2v) is 9.75. The molecular weight excluding hydrogens is 400 g/mol. The Labute approximate surface area is 189 Å². The molecule has 1 N–H and O–H groups in total. The Morgan fingerprint density at radius 3 is 2.75 bits per heavy atom. The van der Waals surface area contributed by atoms with Gasteiger partial charge in [0.1, 0.15) is 6.04 Å². The molecule has 7 nitrogen and oxygen atoms in total. The maximum Gasteiger partial charge on any atom is 0.253 e. The fourth-order valence-corrected chi connectivity index (χ4v) is 5.62. The van der Waals surface area contributed by atoms with Crippen molar-refractivity contribution < 1.29 is 0 Å². The van der Waals surface area contributed by atoms with Crippen LogP contribution in [0, 0.1) is 5.92 Å². The minimum absolute atomic E-state index is 0.0387. The maximum atomic E-state index is 13.4. The molecule has 0 bridgehead atoms. The van der Waals surface area contributed by atoms with Crippen molar-refractivity contribution in [2.75, 3.05) is 13.1 Å². The van der Waals surface area contributed by atoms with Crippen LogP contribution < -0.4 is 5.56 Å². The molecule has 32 heavy (non-hydrogen) atoms. The molecule has 1 aromatic carbocycles. The fourth-order valence-electron chi connectivity index (χ4n) is 5.62. The van der Waals surface area contributed by atoms with Gasteiger partial charge in [0.15, 0.2) is 5.82 Å². The van der Waals surface area contributed by atoms with E-state index in [0.717, 1.165) is 61.1 Å². The van der Waals surface area contributed by atoms with E-state index in [2.05, 4.69) is 57.5 Å². The summed E-state index contributed by atoms with van der Waals surface area (Å²) in [6.07, 6.45) is 9.25. The lowest BCUT2D eigenvalue weighted by molar-refractivity contribution is 0.138. The van der Waals surface area contributed by atoms with Crippen molar-refractivity contribution in [3.63, 3.8) is 0 Å². The van der Waals surface area contributed by atoms with Crippen LogP contribution in [0.5, 0.6) is 0 Å². The Hall–Kier alpha value is -2.54. The van der Waals surface area contributed by atoms with E-state index >= 15 is 0 Å². The highest BCUT2D eigenvalue weighted by Crippen LogP contribution is 2.34. The highest BCUT2D eigenvalue weighted by atomic mass is 16.1. The van der Waals surface area contributed by atoms with E-state index in [9.17, 15) is 4.79 Å². The first-order chi connectivity index (χ1) is 15.6. The third-order valence-corrected chi connectivity index (χ3v) is 7.38. The molecular formula is C25H34N6O. The van der Waals surface area contributed by atoms with E-state index in [4.69, 9.17) is 0 Å². The molecule has 1 aliphatic heterocycles. The molecule has 1 saturated heterocycles. The number of tetrazole rings is 1. The lowest BCUT2D eigenvalue weighted by Crippen LogP contribution is -2.41. The summed E-state index contributed by atoms with van der Waals surface area (Å²) in [5, 5.41) is 14.1. The van der Waals surface area contributed by atoms with Crippen LogP contribution in [0.4, 0.5) is 0 Å². The summed E-state index contributed by atoms with van der Waals surface area (Å²) in [4.78, 5) is 18.9. The zero-order valence-corrected chi connectivity index (χ0v) is 19.3. The second-order valence-electron chi connectivity index (χ2n) is 9.75. The normalized spacial score (nSPS) is 21.8. The predicted molar refractivity (Wildman–Crippen MR) is 126 cm³/mol. The summed E-state index contributed by atoms with van der Waals surface area (Å²) in [5.74, 6) is 1.42. The first-order valence-electron chi connectivity index (χ1n) is 12.3. The van der Waals surface area contributed by atoms with Crippen LogP contribution in [0.2, 0.25) is 0 Å². The van der Waals surface area contributed by atoms with Crippen molar-refractivity contribution in [2.45, 2.75) is 77.3 Å². The van der Waals surface area contributed by atoms with Crippen LogP contribution in [0.15, 0.2) is 29.1 Å². The van der Waals surface area contributed by atoms with Crippen LogP contribution in [-0.4, -0.2) is 43.2 Å². The lowest BCUT2D eigenvalue weighted by Gasteiger charge is -2.37. The molecule has 2 aromatic heterocycles. The first-order valence-corrected chi connectivity index (χ1v) is 12.3. The van der Waals surface area contributed by atoms with Crippen molar-refractivity contribution in [3.8, 4) is 0 Å². The van der Waals surface area contributed by atoms with Crippen molar-refractivity contribution in [3.05, 3.63) is 51.6 Å². The van der Waals surface area contributed by atoms with Gasteiger partial charge in [-0.2, -0.15) is 0 Å². The molecule has 0 unspecified atom stereocenters. The number of rotatable bonds is 5. The lowest BCUT2D eigenvalue weighted by atomic mass is 9.93. The summed E-state index contributed by atoms with van der Waals surface area (Å²) < 4.78 is 2.04. The van der Waals surface area contributed by atoms with E-state index in [1.165, 1.54) is 31.2 Å². The number of nitrogens with zero attached hydrogens (tertiary/aromatic N) is 5. The van der Waals surface area contributed by atoms with E-state index in [1.807, 2.05) is 10.7 Å². The second kappa shape index (κ2) is 9.14. The predicted octanol–water partition coefficient (Wildman–Crippen LogP) is 4.40. The molecule has 170 valence electrons. The van der Waals surface area contributed by atoms with Crippen molar-refractivity contribution in [1.82, 2.24) is 30.1 Å². The summed E-state index contributed by atoms with van der Waals surface area (Å²) in [6, 6.07) is 8.47. The molecule has 3 heterocycles. The molecule has 7 heteroatoms. The van der Waals surface area contributed by atoms with Crippen molar-refractivity contribution in [2.24, 2.45) is 5.92 Å². The number of aryl methyl sites for hydroxylation is 1. The highest BCUT2D eigenvalue weighted by Gasteiger charge is 2.34. The van der Waals surface area contributed by atoms with Crippen LogP contribution in [0.1, 0.15) is 87.8 Å². The standard InChI is InChI=1S/C25H34N6O/c1-3-18-11-12-22-19(14-18)15-21(25(32)26-22)23(30-13-7-8-17(2)16-30)24-27-28-29-31(24)20-9-5-4-6-10-20/h11-12,14-15,17,20,23H,3-10,13,16H2,1-2H3,(H,26,32)/t17-,23-/m1/s1. The number of hydrogen-bond acceptors (Lipinski definition) is 5. The fraction of sp³-hybridized carbons (Fsp3) is 0.600. The Morgan fingerprint density at radius 2 is 1.97 bits per heavy atom. The van der Waals surface area contributed by atoms with Gasteiger partial charge in [0.25, 0.3) is 5.56 Å². The Morgan fingerprint density at radius 1 is 1.12 bits per heavy atom. The number of likely N-dealkylation sites (tertiary alicyclic amines) is 1. The third-order valence-electron chi connectivity index (χ3n) is 7.38. The van der Waals surface area contributed by atoms with Gasteiger partial charge < -0.3 is 4.98 Å². The summed E-state index contributed by atoms with van der Waals surface area (Å²) in [7, 11) is 0. The van der Waals surface area contributed by atoms with Gasteiger partial charge >= 0.3 is 0 Å². The highest BCUT2D eigenvalue weighted by molar-refractivity contribution is 5.80. The van der Waals surface area contributed by atoms with Gasteiger partial charge in [-0.25, -0.2) is 4.68 Å². The first kappa shape index (κ1) is 21.3. The molecule has 5 rings (SSSR count). The molecule has 0 spiro atoms. The van der Waals surface area contributed by atoms with E-state index in [1.54, 1.807) is 0 Å². The topological polar surface area (TPSA) is 79.7 Å². The van der Waals surface area contributed by atoms with Gasteiger partial charge in [-0.1, -0.05) is 39.2 Å². The number of fused-ring (bicyclic) bond motifs is 1. The van der Waals surface area contributed by atoms with Crippen LogP contribution in [0.3, 0.4) is 0 Å². The largest absolute Gasteiger partial charge is 0.322 e. The van der Waals surface area contributed by atoms with Crippen molar-refractivity contribution in [1.29, 1.82) is 0 Å². The number of piperidine rings is 1. The number of nitrogens with one attached hydrogen (secondary N) is 1. The monoisotopic (exact) mass is 434 g/mol. The molecule has 0 amide bonds. The van der Waals surface area contributed by atoms with Crippen LogP contribution in [0.25, 0.3) is 10.9 Å². The van der Waals surface area contributed by atoms with E-state index in [-0.39, 0.29) is 11.6 Å². The number of H-pyrrole nitrogens is 1. The quantitative estimate of drug-likeness (QED) is 0.644. The van der Waals surface area contributed by atoms with Crippen molar-refractivity contribution >= 4 is 10.9 Å². The molecule has 1 aliphatic carbocycles. The van der Waals surface area contributed by atoms with E-state index in [0.29, 0.717) is 12.0 Å². The van der Waals surface area contributed by atoms with Crippen LogP contribution >= 0.6 is 0 Å². The van der Waals surface area contributed by atoms with Gasteiger partial charge in [-0.05, 0) is 84.1 Å². The van der Waals surface area contributed by atoms with Crippen LogP contribution in [-0.2, 0) is 6.42 Å². The van der Waals surface area contributed by atoms with Gasteiger partial charge in [-0.15, -0.1) is 5.10 Å². The average Bonchev–Trinajstić information content (AvgIpc) is 3.29. The molecule has 2 fully saturated rings. The number of benzene rings is 1. The molecule has 0 radical (unpaired) electrons. The third kappa shape index (κ3) is 4.10. The minimum Gasteiger partial charge on any atom is -0.322 e. The van der Waals surface area contributed by atoms with Gasteiger partial charge in [0.05, 0.1) is 6.04 Å². The minimum atomic E-state index is -0.229. The van der Waals surface area contributed by atoms with Gasteiger partial charge in [0, 0.05) is 17.6 Å². The molecule has 1 saturated carbocycles. The molecule has 2 aliphatic rings. The van der Waals surface area contributed by atoms with Gasteiger partial charge in [0.2, 0.25) is 0 Å². The number of aromatic amines is 1. The Kier molecular flexibility index (Phi) is 6.09.